The Balaban J connectivity index is 0.714. The molecule has 0 fully saturated rings. The second kappa shape index (κ2) is 20.6. The molecule has 10 aromatic carbocycles. The predicted molar refractivity (Wildman–Crippen MR) is 308 cm³/mol. The molecule has 86 heavy (non-hydrogen) atoms. The van der Waals surface area contributed by atoms with E-state index in [0.29, 0.717) is 40.7 Å². The molecule has 13 rings (SSSR count). The lowest BCUT2D eigenvalue weighted by molar-refractivity contribution is -0.288. The van der Waals surface area contributed by atoms with Gasteiger partial charge in [-0.15, -0.1) is 0 Å². The molecule has 0 aromatic heterocycles. The van der Waals surface area contributed by atoms with Crippen LogP contribution in [-0.4, -0.2) is 47.9 Å². The number of benzene rings is 10. The van der Waals surface area contributed by atoms with E-state index in [1.807, 2.05) is 79.7 Å². The molecular weight excluding hydrogens is 1110 g/mol. The summed E-state index contributed by atoms with van der Waals surface area (Å²) in [6, 6.07) is 60.7. The van der Waals surface area contributed by atoms with Crippen LogP contribution < -0.4 is 23.8 Å². The summed E-state index contributed by atoms with van der Waals surface area (Å²) in [4.78, 5) is 55.1. The lowest BCUT2D eigenvalue weighted by atomic mass is 9.68. The summed E-state index contributed by atoms with van der Waals surface area (Å²) in [6.45, 7) is 1.85. The van der Waals surface area contributed by atoms with Crippen LogP contribution in [0.3, 0.4) is 0 Å². The number of carbonyl (C=O) groups is 4. The Kier molecular flexibility index (Phi) is 13.0. The SMILES string of the molecule is Cc1ccc(Oc2ccc(C(c3ccc(Oc4ccc(N5C(=O)c6ccc(Oc7ccc(C8(c9ccc(Oc%10ccc%11c(c%10)C(=O)N(C)C%11=O)cc9)c9ccccc9-c9ccccc98)cc7)cc6C5=O)cc4)cc3)(C(F)(F)F)C(F)(F)F)cc2)cc1. The highest BCUT2D eigenvalue weighted by molar-refractivity contribution is 6.34. The molecule has 0 unspecified atom stereocenters. The molecule has 424 valence electrons. The van der Waals surface area contributed by atoms with Gasteiger partial charge in [-0.1, -0.05) is 115 Å². The Morgan fingerprint density at radius 2 is 0.674 bits per heavy atom. The highest BCUT2D eigenvalue weighted by Gasteiger charge is 2.72. The summed E-state index contributed by atoms with van der Waals surface area (Å²) in [5.41, 5.74) is 0.691. The number of carbonyl (C=O) groups excluding carboxylic acids is 4. The first-order valence-electron chi connectivity index (χ1n) is 27.0. The van der Waals surface area contributed by atoms with Gasteiger partial charge < -0.3 is 18.9 Å². The van der Waals surface area contributed by atoms with Gasteiger partial charge in [-0.3, -0.25) is 24.1 Å². The number of rotatable bonds is 13. The van der Waals surface area contributed by atoms with Crippen molar-refractivity contribution in [2.24, 2.45) is 0 Å². The van der Waals surface area contributed by atoms with Gasteiger partial charge in [0.2, 0.25) is 5.41 Å². The highest BCUT2D eigenvalue weighted by atomic mass is 19.4. The Hall–Kier alpha value is -10.7. The van der Waals surface area contributed by atoms with Crippen LogP contribution in [0, 0.1) is 6.92 Å². The van der Waals surface area contributed by atoms with Gasteiger partial charge in [0.1, 0.15) is 46.0 Å². The van der Waals surface area contributed by atoms with Gasteiger partial charge in [-0.25, -0.2) is 4.90 Å². The highest BCUT2D eigenvalue weighted by Crippen LogP contribution is 2.58. The fraction of sp³-hybridized carbons (Fsp3) is 0.0857. The van der Waals surface area contributed by atoms with Crippen molar-refractivity contribution in [1.82, 2.24) is 4.90 Å². The van der Waals surface area contributed by atoms with Gasteiger partial charge in [0.15, 0.2) is 0 Å². The zero-order chi connectivity index (χ0) is 59.9. The number of amides is 4. The fourth-order valence-corrected chi connectivity index (χ4v) is 11.8. The monoisotopic (exact) mass is 1150 g/mol. The minimum Gasteiger partial charge on any atom is -0.457 e. The topological polar surface area (TPSA) is 112 Å². The van der Waals surface area contributed by atoms with E-state index >= 15 is 26.3 Å². The van der Waals surface area contributed by atoms with Gasteiger partial charge in [-0.05, 0) is 173 Å². The zero-order valence-corrected chi connectivity index (χ0v) is 45.4. The maximum absolute atomic E-state index is 15.0. The standard InChI is InChI=1S/C70H44F6N2O8/c1-41-11-23-47(24-12-41)83-48-29-17-44(18-30-48)68(69(71,72)73,70(74,75)76)45-19-31-49(32-20-45)84-52-33-21-46(22-34-52)78-65(81)58-38-36-54(40-60(58)66(78)82)86-51-27-15-43(16-28-51)67(61-9-5-3-7-55(61)56-8-4-6-10-62(56)67)42-13-25-50(26-14-42)85-53-35-37-57-59(39-53)64(80)77(2)63(57)79/h3-40H,1-2H3. The molecule has 4 amide bonds. The maximum Gasteiger partial charge on any atom is 0.411 e. The molecule has 0 N–H and O–H groups in total. The molecule has 10 nitrogen and oxygen atoms in total. The number of nitrogens with zero attached hydrogens (tertiary/aromatic N) is 2. The third kappa shape index (κ3) is 8.90. The number of hydrogen-bond donors (Lipinski definition) is 0. The molecule has 0 saturated carbocycles. The van der Waals surface area contributed by atoms with Crippen LogP contribution in [0.2, 0.25) is 0 Å². The second-order valence-electron chi connectivity index (χ2n) is 20.9. The molecule has 0 spiro atoms. The number of ether oxygens (including phenoxy) is 4. The van der Waals surface area contributed by atoms with E-state index in [2.05, 4.69) is 24.3 Å². The van der Waals surface area contributed by atoms with Gasteiger partial charge in [0.25, 0.3) is 23.6 Å². The summed E-state index contributed by atoms with van der Waals surface area (Å²) in [5, 5.41) is 0. The summed E-state index contributed by atoms with van der Waals surface area (Å²) in [7, 11) is 1.44. The van der Waals surface area contributed by atoms with E-state index in [9.17, 15) is 19.2 Å². The van der Waals surface area contributed by atoms with E-state index < -0.39 is 52.0 Å². The van der Waals surface area contributed by atoms with Gasteiger partial charge >= 0.3 is 12.4 Å². The van der Waals surface area contributed by atoms with Gasteiger partial charge in [-0.2, -0.15) is 26.3 Å². The van der Waals surface area contributed by atoms with Crippen molar-refractivity contribution < 1.29 is 64.5 Å². The second-order valence-corrected chi connectivity index (χ2v) is 20.9. The van der Waals surface area contributed by atoms with Crippen LogP contribution in [0.5, 0.6) is 46.0 Å². The number of halogens is 6. The number of anilines is 1. The average Bonchev–Trinajstić information content (AvgIpc) is 1.56. The molecule has 2 heterocycles. The molecular formula is C70H44F6N2O8. The van der Waals surface area contributed by atoms with Gasteiger partial charge in [0, 0.05) is 7.05 Å². The molecule has 0 atom stereocenters. The molecule has 0 bridgehead atoms. The first kappa shape index (κ1) is 54.5. The Morgan fingerprint density at radius 3 is 1.10 bits per heavy atom. The third-order valence-corrected chi connectivity index (χ3v) is 15.9. The molecule has 1 aliphatic carbocycles. The van der Waals surface area contributed by atoms with E-state index in [0.717, 1.165) is 85.1 Å². The van der Waals surface area contributed by atoms with Crippen molar-refractivity contribution in [1.29, 1.82) is 0 Å². The summed E-state index contributed by atoms with van der Waals surface area (Å²) in [5.74, 6) is 0.0727. The van der Waals surface area contributed by atoms with Crippen LogP contribution in [0.15, 0.2) is 231 Å². The summed E-state index contributed by atoms with van der Waals surface area (Å²) >= 11 is 0. The average molecular weight is 1160 g/mol. The van der Waals surface area contributed by atoms with E-state index in [4.69, 9.17) is 18.9 Å². The van der Waals surface area contributed by atoms with E-state index in [-0.39, 0.29) is 51.3 Å². The number of fused-ring (bicyclic) bond motifs is 5. The van der Waals surface area contributed by atoms with Crippen molar-refractivity contribution in [3.8, 4) is 57.1 Å². The lowest BCUT2D eigenvalue weighted by Crippen LogP contribution is -2.54. The minimum atomic E-state index is -5.83. The maximum atomic E-state index is 15.0. The quantitative estimate of drug-likeness (QED) is 0.0829. The normalized spacial score (nSPS) is 14.2. The van der Waals surface area contributed by atoms with Crippen LogP contribution in [0.1, 0.15) is 80.4 Å². The smallest absolute Gasteiger partial charge is 0.411 e. The zero-order valence-electron chi connectivity index (χ0n) is 45.4. The van der Waals surface area contributed by atoms with Gasteiger partial charge in [0.05, 0.1) is 33.4 Å². The minimum absolute atomic E-state index is 0.0407. The first-order chi connectivity index (χ1) is 41.3. The molecule has 10 aromatic rings. The number of hydrogen-bond acceptors (Lipinski definition) is 8. The van der Waals surface area contributed by atoms with Crippen molar-refractivity contribution in [2.45, 2.75) is 30.1 Å². The molecule has 3 aliphatic rings. The third-order valence-electron chi connectivity index (χ3n) is 15.9. The van der Waals surface area contributed by atoms with Crippen LogP contribution in [-0.2, 0) is 10.8 Å². The number of aryl methyl sites for hydroxylation is 1. The van der Waals surface area contributed by atoms with Crippen molar-refractivity contribution >= 4 is 29.3 Å². The van der Waals surface area contributed by atoms with Crippen molar-refractivity contribution in [3.05, 3.63) is 292 Å². The Bertz CT molecular complexity index is 4300. The van der Waals surface area contributed by atoms with Crippen molar-refractivity contribution in [2.75, 3.05) is 11.9 Å². The number of alkyl halides is 6. The fourth-order valence-electron chi connectivity index (χ4n) is 11.8. The Morgan fingerprint density at radius 1 is 0.349 bits per heavy atom. The molecule has 2 aliphatic heterocycles. The molecule has 0 saturated heterocycles. The Labute approximate surface area is 487 Å². The van der Waals surface area contributed by atoms with Crippen LogP contribution in [0.25, 0.3) is 11.1 Å². The first-order valence-corrected chi connectivity index (χ1v) is 27.0. The van der Waals surface area contributed by atoms with E-state index in [1.54, 1.807) is 48.5 Å². The van der Waals surface area contributed by atoms with Crippen molar-refractivity contribution in [3.63, 3.8) is 0 Å². The van der Waals surface area contributed by atoms with Crippen LogP contribution in [0.4, 0.5) is 32.0 Å². The largest absolute Gasteiger partial charge is 0.457 e. The van der Waals surface area contributed by atoms with E-state index in [1.165, 1.54) is 43.4 Å². The predicted octanol–water partition coefficient (Wildman–Crippen LogP) is 17.0. The molecule has 0 radical (unpaired) electrons. The lowest BCUT2D eigenvalue weighted by Gasteiger charge is -2.38. The number of imide groups is 2. The summed E-state index contributed by atoms with van der Waals surface area (Å²) < 4.78 is 114. The molecule has 16 heteroatoms. The summed E-state index contributed by atoms with van der Waals surface area (Å²) in [6.07, 6.45) is -11.7. The van der Waals surface area contributed by atoms with Crippen LogP contribution >= 0.6 is 0 Å².